The van der Waals surface area contributed by atoms with Gasteiger partial charge in [0, 0.05) is 12.7 Å². The summed E-state index contributed by atoms with van der Waals surface area (Å²) in [5.41, 5.74) is 1.53. The molecular formula is C13H14N2O2. The van der Waals surface area contributed by atoms with Crippen molar-refractivity contribution >= 4 is 5.97 Å². The Morgan fingerprint density at radius 2 is 2.06 bits per heavy atom. The number of hydrogen-bond acceptors (Lipinski definition) is 2. The van der Waals surface area contributed by atoms with Crippen LogP contribution in [0.5, 0.6) is 0 Å². The molecule has 0 aliphatic rings. The van der Waals surface area contributed by atoms with Crippen molar-refractivity contribution in [2.75, 3.05) is 0 Å². The number of carboxylic acid groups (broad SMARTS) is 1. The average Bonchev–Trinajstić information content (AvgIpc) is 2.79. The summed E-state index contributed by atoms with van der Waals surface area (Å²) in [6, 6.07) is 10.2. The minimum atomic E-state index is -0.931. The van der Waals surface area contributed by atoms with Crippen LogP contribution < -0.4 is 0 Å². The normalized spacial score (nSPS) is 10.4. The molecule has 0 bridgehead atoms. The first-order valence-electron chi connectivity index (χ1n) is 5.55. The molecule has 2 aromatic rings. The van der Waals surface area contributed by atoms with E-state index < -0.39 is 5.97 Å². The molecule has 0 unspecified atom stereocenters. The number of aromatic nitrogens is 2. The van der Waals surface area contributed by atoms with Crippen molar-refractivity contribution in [3.8, 4) is 0 Å². The molecule has 0 aliphatic carbocycles. The second-order valence-corrected chi connectivity index (χ2v) is 3.89. The molecule has 17 heavy (non-hydrogen) atoms. The molecule has 0 radical (unpaired) electrons. The largest absolute Gasteiger partial charge is 0.478 e. The van der Waals surface area contributed by atoms with E-state index in [1.807, 2.05) is 18.2 Å². The number of carboxylic acids is 1. The SMILES string of the molecule is O=C(O)c1cnn(CCCc2ccccc2)c1. The predicted molar refractivity (Wildman–Crippen MR) is 63.9 cm³/mol. The second kappa shape index (κ2) is 5.30. The highest BCUT2D eigenvalue weighted by atomic mass is 16.4. The van der Waals surface area contributed by atoms with Crippen LogP contribution in [0.2, 0.25) is 0 Å². The minimum absolute atomic E-state index is 0.240. The Balaban J connectivity index is 1.84. The van der Waals surface area contributed by atoms with Gasteiger partial charge in [-0.2, -0.15) is 5.10 Å². The lowest BCUT2D eigenvalue weighted by Gasteiger charge is -2.01. The van der Waals surface area contributed by atoms with E-state index in [-0.39, 0.29) is 5.56 Å². The molecule has 2 rings (SSSR count). The zero-order valence-electron chi connectivity index (χ0n) is 9.41. The molecule has 0 saturated heterocycles. The summed E-state index contributed by atoms with van der Waals surface area (Å²) >= 11 is 0. The van der Waals surface area contributed by atoms with Gasteiger partial charge in [0.05, 0.1) is 11.8 Å². The van der Waals surface area contributed by atoms with E-state index in [2.05, 4.69) is 17.2 Å². The van der Waals surface area contributed by atoms with Crippen molar-refractivity contribution in [2.45, 2.75) is 19.4 Å². The Kier molecular flexibility index (Phi) is 3.55. The molecule has 1 aromatic heterocycles. The summed E-state index contributed by atoms with van der Waals surface area (Å²) in [5, 5.41) is 12.8. The highest BCUT2D eigenvalue weighted by Gasteiger charge is 2.05. The first-order chi connectivity index (χ1) is 8.25. The number of rotatable bonds is 5. The standard InChI is InChI=1S/C13H14N2O2/c16-13(17)12-9-14-15(10-12)8-4-7-11-5-2-1-3-6-11/h1-3,5-6,9-10H,4,7-8H2,(H,16,17). The van der Waals surface area contributed by atoms with E-state index in [1.165, 1.54) is 11.8 Å². The summed E-state index contributed by atoms with van der Waals surface area (Å²) in [6.07, 6.45) is 4.87. The maximum absolute atomic E-state index is 10.7. The van der Waals surface area contributed by atoms with Gasteiger partial charge < -0.3 is 5.11 Å². The van der Waals surface area contributed by atoms with Gasteiger partial charge >= 0.3 is 5.97 Å². The van der Waals surface area contributed by atoms with E-state index in [0.29, 0.717) is 0 Å². The van der Waals surface area contributed by atoms with Crippen LogP contribution in [0.25, 0.3) is 0 Å². The Hall–Kier alpha value is -2.10. The first-order valence-corrected chi connectivity index (χ1v) is 5.55. The van der Waals surface area contributed by atoms with Gasteiger partial charge in [-0.15, -0.1) is 0 Å². The third-order valence-electron chi connectivity index (χ3n) is 2.58. The fraction of sp³-hybridized carbons (Fsp3) is 0.231. The van der Waals surface area contributed by atoms with E-state index in [0.717, 1.165) is 19.4 Å². The molecule has 1 aromatic carbocycles. The molecule has 4 nitrogen and oxygen atoms in total. The van der Waals surface area contributed by atoms with E-state index in [1.54, 1.807) is 10.9 Å². The lowest BCUT2D eigenvalue weighted by Crippen LogP contribution is -2.00. The number of nitrogens with zero attached hydrogens (tertiary/aromatic N) is 2. The maximum atomic E-state index is 10.7. The lowest BCUT2D eigenvalue weighted by atomic mass is 10.1. The summed E-state index contributed by atoms with van der Waals surface area (Å²) in [7, 11) is 0. The second-order valence-electron chi connectivity index (χ2n) is 3.89. The number of carbonyl (C=O) groups is 1. The average molecular weight is 230 g/mol. The molecule has 0 saturated carbocycles. The molecule has 0 spiro atoms. The van der Waals surface area contributed by atoms with Crippen LogP contribution >= 0.6 is 0 Å². The van der Waals surface area contributed by atoms with Gasteiger partial charge in [0.1, 0.15) is 0 Å². The number of aryl methyl sites for hydroxylation is 2. The summed E-state index contributed by atoms with van der Waals surface area (Å²) < 4.78 is 1.67. The Bertz CT molecular complexity index is 491. The zero-order chi connectivity index (χ0) is 12.1. The molecule has 0 amide bonds. The van der Waals surface area contributed by atoms with Gasteiger partial charge in [-0.1, -0.05) is 30.3 Å². The highest BCUT2D eigenvalue weighted by Crippen LogP contribution is 2.04. The van der Waals surface area contributed by atoms with Crippen LogP contribution in [-0.2, 0) is 13.0 Å². The summed E-state index contributed by atoms with van der Waals surface area (Å²) in [4.78, 5) is 10.7. The van der Waals surface area contributed by atoms with Crippen LogP contribution in [0, 0.1) is 0 Å². The number of hydrogen-bond donors (Lipinski definition) is 1. The van der Waals surface area contributed by atoms with Gasteiger partial charge in [0.25, 0.3) is 0 Å². The Morgan fingerprint density at radius 3 is 2.71 bits per heavy atom. The van der Waals surface area contributed by atoms with Crippen LogP contribution in [0.1, 0.15) is 22.3 Å². The smallest absolute Gasteiger partial charge is 0.338 e. The molecule has 1 heterocycles. The van der Waals surface area contributed by atoms with Gasteiger partial charge in [-0.3, -0.25) is 4.68 Å². The van der Waals surface area contributed by atoms with Crippen LogP contribution in [0.3, 0.4) is 0 Å². The molecule has 0 fully saturated rings. The highest BCUT2D eigenvalue weighted by molar-refractivity contribution is 5.86. The zero-order valence-corrected chi connectivity index (χ0v) is 9.41. The monoisotopic (exact) mass is 230 g/mol. The molecule has 0 aliphatic heterocycles. The number of aromatic carboxylic acids is 1. The predicted octanol–water partition coefficient (Wildman–Crippen LogP) is 2.21. The van der Waals surface area contributed by atoms with Gasteiger partial charge in [0.15, 0.2) is 0 Å². The van der Waals surface area contributed by atoms with E-state index >= 15 is 0 Å². The minimum Gasteiger partial charge on any atom is -0.478 e. The summed E-state index contributed by atoms with van der Waals surface area (Å²) in [5.74, 6) is -0.931. The van der Waals surface area contributed by atoms with Crippen molar-refractivity contribution < 1.29 is 9.90 Å². The number of benzene rings is 1. The van der Waals surface area contributed by atoms with E-state index in [4.69, 9.17) is 5.11 Å². The topological polar surface area (TPSA) is 55.1 Å². The van der Waals surface area contributed by atoms with Crippen molar-refractivity contribution in [1.29, 1.82) is 0 Å². The molecule has 1 N–H and O–H groups in total. The van der Waals surface area contributed by atoms with Crippen molar-refractivity contribution in [2.24, 2.45) is 0 Å². The Morgan fingerprint density at radius 1 is 1.29 bits per heavy atom. The van der Waals surface area contributed by atoms with Crippen molar-refractivity contribution in [1.82, 2.24) is 9.78 Å². The fourth-order valence-electron chi connectivity index (χ4n) is 1.69. The van der Waals surface area contributed by atoms with Crippen LogP contribution in [0.4, 0.5) is 0 Å². The quantitative estimate of drug-likeness (QED) is 0.856. The molecule has 88 valence electrons. The van der Waals surface area contributed by atoms with Crippen molar-refractivity contribution in [3.05, 3.63) is 53.9 Å². The third kappa shape index (κ3) is 3.17. The third-order valence-corrected chi connectivity index (χ3v) is 2.58. The summed E-state index contributed by atoms with van der Waals surface area (Å²) in [6.45, 7) is 0.738. The first kappa shape index (κ1) is 11.4. The maximum Gasteiger partial charge on any atom is 0.338 e. The van der Waals surface area contributed by atoms with Crippen LogP contribution in [0.15, 0.2) is 42.7 Å². The molecule has 0 atom stereocenters. The lowest BCUT2D eigenvalue weighted by molar-refractivity contribution is 0.0697. The molecule has 4 heteroatoms. The van der Waals surface area contributed by atoms with Crippen molar-refractivity contribution in [3.63, 3.8) is 0 Å². The van der Waals surface area contributed by atoms with Gasteiger partial charge in [-0.05, 0) is 18.4 Å². The molecular weight excluding hydrogens is 216 g/mol. The van der Waals surface area contributed by atoms with Gasteiger partial charge in [-0.25, -0.2) is 4.79 Å². The van der Waals surface area contributed by atoms with Gasteiger partial charge in [0.2, 0.25) is 0 Å². The Labute approximate surface area is 99.5 Å². The fourth-order valence-corrected chi connectivity index (χ4v) is 1.69. The van der Waals surface area contributed by atoms with E-state index in [9.17, 15) is 4.79 Å². The van der Waals surface area contributed by atoms with Crippen LogP contribution in [-0.4, -0.2) is 20.9 Å².